The summed E-state index contributed by atoms with van der Waals surface area (Å²) in [5.74, 6) is 0.632. The van der Waals surface area contributed by atoms with E-state index in [1.807, 2.05) is 50.2 Å². The van der Waals surface area contributed by atoms with Gasteiger partial charge in [-0.05, 0) is 61.4 Å². The summed E-state index contributed by atoms with van der Waals surface area (Å²) in [6.07, 6.45) is -0.184. The van der Waals surface area contributed by atoms with Gasteiger partial charge in [0.2, 0.25) is 5.91 Å². The molecule has 2 aliphatic heterocycles. The van der Waals surface area contributed by atoms with E-state index in [0.717, 1.165) is 15.6 Å². The number of benzene rings is 3. The van der Waals surface area contributed by atoms with Gasteiger partial charge in [-0.15, -0.1) is 0 Å². The van der Waals surface area contributed by atoms with Crippen LogP contribution in [-0.2, 0) is 4.79 Å². The molecule has 0 saturated carbocycles. The largest absolute Gasteiger partial charge is 0.490 e. The molecule has 0 bridgehead atoms. The van der Waals surface area contributed by atoms with E-state index in [1.165, 1.54) is 4.90 Å². The Morgan fingerprint density at radius 1 is 1.18 bits per heavy atom. The lowest BCUT2D eigenvalue weighted by molar-refractivity contribution is -0.123. The highest BCUT2D eigenvalue weighted by atomic mass is 79.9. The van der Waals surface area contributed by atoms with Gasteiger partial charge in [-0.3, -0.25) is 14.7 Å². The Morgan fingerprint density at radius 3 is 2.60 bits per heavy atom. The maximum absolute atomic E-state index is 14.4. The first-order valence-electron chi connectivity index (χ1n) is 12.9. The second-order valence-electron chi connectivity index (χ2n) is 9.83. The molecule has 0 radical (unpaired) electrons. The number of nitriles is 1. The van der Waals surface area contributed by atoms with E-state index in [9.17, 15) is 14.9 Å². The molecule has 0 aromatic heterocycles. The van der Waals surface area contributed by atoms with E-state index in [0.29, 0.717) is 40.8 Å². The van der Waals surface area contributed by atoms with Crippen LogP contribution in [0.4, 0.5) is 4.79 Å². The van der Waals surface area contributed by atoms with Gasteiger partial charge in [0.05, 0.1) is 29.3 Å². The number of ether oxygens (including phenoxy) is 1. The summed E-state index contributed by atoms with van der Waals surface area (Å²) in [7, 11) is 0. The van der Waals surface area contributed by atoms with E-state index >= 15 is 0 Å². The van der Waals surface area contributed by atoms with Crippen LogP contribution < -0.4 is 10.1 Å². The number of nitrogens with one attached hydrogen (secondary N) is 1. The van der Waals surface area contributed by atoms with Gasteiger partial charge in [-0.2, -0.15) is 5.26 Å². The molecule has 0 spiro atoms. The first-order chi connectivity index (χ1) is 19.3. The van der Waals surface area contributed by atoms with Crippen molar-refractivity contribution in [1.29, 1.82) is 5.26 Å². The van der Waals surface area contributed by atoms with Crippen molar-refractivity contribution in [3.05, 3.63) is 98.5 Å². The lowest BCUT2D eigenvalue weighted by Crippen LogP contribution is -2.55. The van der Waals surface area contributed by atoms with Crippen LogP contribution in [0.25, 0.3) is 0 Å². The summed E-state index contributed by atoms with van der Waals surface area (Å²) in [6, 6.07) is 21.0. The van der Waals surface area contributed by atoms with E-state index in [1.54, 1.807) is 35.2 Å². The monoisotopic (exact) mass is 619 g/mol. The smallest absolute Gasteiger partial charge is 0.326 e. The highest BCUT2D eigenvalue weighted by Gasteiger charge is 2.45. The van der Waals surface area contributed by atoms with Crippen molar-refractivity contribution in [1.82, 2.24) is 15.1 Å². The summed E-state index contributed by atoms with van der Waals surface area (Å²) in [4.78, 5) is 35.0. The average molecular weight is 621 g/mol. The number of rotatable bonds is 5. The van der Waals surface area contributed by atoms with Crippen molar-refractivity contribution in [2.75, 3.05) is 19.6 Å². The highest BCUT2D eigenvalue weighted by molar-refractivity contribution is 9.10. The molecule has 1 N–H and O–H groups in total. The highest BCUT2D eigenvalue weighted by Crippen LogP contribution is 2.47. The first-order valence-corrected chi connectivity index (χ1v) is 14.1. The van der Waals surface area contributed by atoms with Crippen molar-refractivity contribution in [2.24, 2.45) is 4.99 Å². The van der Waals surface area contributed by atoms with Crippen LogP contribution in [0.2, 0.25) is 5.02 Å². The van der Waals surface area contributed by atoms with Gasteiger partial charge in [-0.25, -0.2) is 4.79 Å². The Hall–Kier alpha value is -3.87. The fraction of sp³-hybridized carbons (Fsp3) is 0.267. The fourth-order valence-electron chi connectivity index (χ4n) is 4.97. The molecule has 40 heavy (non-hydrogen) atoms. The van der Waals surface area contributed by atoms with E-state index < -0.39 is 12.1 Å². The number of amidine groups is 1. The minimum atomic E-state index is -0.549. The molecule has 10 heteroatoms. The predicted octanol–water partition coefficient (Wildman–Crippen LogP) is 5.86. The predicted molar refractivity (Wildman–Crippen MR) is 156 cm³/mol. The van der Waals surface area contributed by atoms with Gasteiger partial charge in [0.25, 0.3) is 0 Å². The quantitative estimate of drug-likeness (QED) is 0.387. The number of carbonyl (C=O) groups excluding carboxylic acids is 2. The van der Waals surface area contributed by atoms with Crippen molar-refractivity contribution in [3.63, 3.8) is 0 Å². The van der Waals surface area contributed by atoms with Gasteiger partial charge in [0.1, 0.15) is 24.2 Å². The third kappa shape index (κ3) is 5.55. The SMILES string of the molecule is CC(C)Oc1cc(C#N)ccc1C1=N[C@@H](c2ccc(Cl)cc2)[C@@H](c2ccccc2Br)N1C(=O)N1CCNC(=O)C1. The number of halogens is 2. The summed E-state index contributed by atoms with van der Waals surface area (Å²) < 4.78 is 6.96. The lowest BCUT2D eigenvalue weighted by atomic mass is 9.93. The van der Waals surface area contributed by atoms with Gasteiger partial charge < -0.3 is 15.0 Å². The zero-order valence-electron chi connectivity index (χ0n) is 22.0. The number of hydrogen-bond donors (Lipinski definition) is 1. The van der Waals surface area contributed by atoms with Crippen molar-refractivity contribution in [3.8, 4) is 11.8 Å². The van der Waals surface area contributed by atoms with Crippen LogP contribution in [0, 0.1) is 11.3 Å². The van der Waals surface area contributed by atoms with E-state index in [2.05, 4.69) is 27.3 Å². The summed E-state index contributed by atoms with van der Waals surface area (Å²) in [6.45, 7) is 4.47. The van der Waals surface area contributed by atoms with Crippen LogP contribution in [0.1, 0.15) is 48.2 Å². The van der Waals surface area contributed by atoms with Gasteiger partial charge in [0, 0.05) is 22.6 Å². The average Bonchev–Trinajstić information content (AvgIpc) is 3.33. The third-order valence-electron chi connectivity index (χ3n) is 6.73. The topological polar surface area (TPSA) is 98.0 Å². The molecule has 3 aromatic rings. The van der Waals surface area contributed by atoms with Crippen molar-refractivity contribution < 1.29 is 14.3 Å². The van der Waals surface area contributed by atoms with Gasteiger partial charge in [-0.1, -0.05) is 57.9 Å². The molecular weight excluding hydrogens is 594 g/mol. The van der Waals surface area contributed by atoms with Crippen LogP contribution in [0.3, 0.4) is 0 Å². The third-order valence-corrected chi connectivity index (χ3v) is 7.71. The minimum Gasteiger partial charge on any atom is -0.490 e. The first kappa shape index (κ1) is 27.7. The number of urea groups is 1. The van der Waals surface area contributed by atoms with Crippen LogP contribution in [0.5, 0.6) is 5.75 Å². The van der Waals surface area contributed by atoms with Crippen LogP contribution in [-0.4, -0.2) is 53.3 Å². The molecule has 5 rings (SSSR count). The maximum atomic E-state index is 14.4. The molecular formula is C30H27BrClN5O3. The van der Waals surface area contributed by atoms with Crippen LogP contribution >= 0.6 is 27.5 Å². The molecule has 3 aromatic carbocycles. The fourth-order valence-corrected chi connectivity index (χ4v) is 5.61. The van der Waals surface area contributed by atoms with Crippen LogP contribution in [0.15, 0.2) is 76.2 Å². The van der Waals surface area contributed by atoms with Crippen molar-refractivity contribution in [2.45, 2.75) is 32.0 Å². The number of hydrogen-bond acceptors (Lipinski definition) is 5. The number of carbonyl (C=O) groups is 2. The Bertz CT molecular complexity index is 1520. The van der Waals surface area contributed by atoms with Gasteiger partial charge in [0.15, 0.2) is 0 Å². The molecule has 2 heterocycles. The number of nitrogens with zero attached hydrogens (tertiary/aromatic N) is 4. The normalized spacial score (nSPS) is 18.8. The summed E-state index contributed by atoms with van der Waals surface area (Å²) in [5.41, 5.74) is 2.74. The maximum Gasteiger partial charge on any atom is 0.326 e. The molecule has 2 aliphatic rings. The number of piperazine rings is 1. The molecule has 2 atom stereocenters. The zero-order chi connectivity index (χ0) is 28.4. The second-order valence-corrected chi connectivity index (χ2v) is 11.1. The Kier molecular flexibility index (Phi) is 8.10. The van der Waals surface area contributed by atoms with Crippen molar-refractivity contribution >= 4 is 45.3 Å². The summed E-state index contributed by atoms with van der Waals surface area (Å²) in [5, 5.41) is 12.9. The molecule has 3 amide bonds. The molecule has 1 fully saturated rings. The molecule has 1 saturated heterocycles. The molecule has 0 unspecified atom stereocenters. The van der Waals surface area contributed by atoms with E-state index in [-0.39, 0.29) is 24.6 Å². The Balaban J connectivity index is 1.73. The number of amides is 3. The standard InChI is InChI=1S/C30H27BrClN5O3/c1-18(2)40-25-15-19(16-33)7-12-23(25)29-35-27(20-8-10-21(32)11-9-20)28(22-5-3-4-6-24(22)31)37(29)30(39)36-14-13-34-26(38)17-36/h3-12,15,18,27-28H,13-14,17H2,1-2H3,(H,34,38)/t27-,28+/m0/s1. The summed E-state index contributed by atoms with van der Waals surface area (Å²) >= 11 is 9.91. The Labute approximate surface area is 246 Å². The lowest BCUT2D eigenvalue weighted by Gasteiger charge is -2.36. The minimum absolute atomic E-state index is 0.0559. The Morgan fingerprint density at radius 2 is 1.93 bits per heavy atom. The van der Waals surface area contributed by atoms with Gasteiger partial charge >= 0.3 is 6.03 Å². The van der Waals surface area contributed by atoms with E-state index in [4.69, 9.17) is 21.3 Å². The second kappa shape index (κ2) is 11.7. The number of aliphatic imine (C=N–C) groups is 1. The zero-order valence-corrected chi connectivity index (χ0v) is 24.3. The molecule has 204 valence electrons. The molecule has 8 nitrogen and oxygen atoms in total. The molecule has 0 aliphatic carbocycles.